The zero-order chi connectivity index (χ0) is 8.55. The van der Waals surface area contributed by atoms with Crippen molar-refractivity contribution >= 4 is 39.3 Å². The highest BCUT2D eigenvalue weighted by Gasteiger charge is 2.00. The molecule has 0 unspecified atom stereocenters. The summed E-state index contributed by atoms with van der Waals surface area (Å²) >= 11 is 8.66. The van der Waals surface area contributed by atoms with Crippen molar-refractivity contribution in [3.05, 3.63) is 40.9 Å². The average Bonchev–Trinajstić information content (AvgIpc) is 2.12. The highest BCUT2D eigenvalue weighted by atomic mass is 79.9. The maximum Gasteiger partial charge on any atom is 0.0597 e. The van der Waals surface area contributed by atoms with Crippen LogP contribution >= 0.6 is 28.6 Å². The molecule has 0 atom stereocenters. The van der Waals surface area contributed by atoms with Gasteiger partial charge in [-0.1, -0.05) is 43.0 Å². The first-order chi connectivity index (χ1) is 5.79. The Labute approximate surface area is 85.1 Å². The van der Waals surface area contributed by atoms with E-state index in [0.29, 0.717) is 0 Å². The second kappa shape index (κ2) is 3.04. The zero-order valence-corrected chi connectivity index (χ0v) is 8.65. The third-order valence-electron chi connectivity index (χ3n) is 1.83. The number of hydrogen-bond acceptors (Lipinski definition) is 0. The van der Waals surface area contributed by atoms with E-state index < -0.39 is 0 Å². The molecule has 2 aromatic rings. The van der Waals surface area contributed by atoms with Gasteiger partial charge in [-0.05, 0) is 27.4 Å². The maximum absolute atomic E-state index is 5.25. The van der Waals surface area contributed by atoms with Crippen LogP contribution in [0, 0.1) is 0 Å². The van der Waals surface area contributed by atoms with Gasteiger partial charge in [0.15, 0.2) is 0 Å². The molecule has 0 amide bonds. The highest BCUT2D eigenvalue weighted by Crippen LogP contribution is 2.28. The molecule has 0 N–H and O–H groups in total. The summed E-state index contributed by atoms with van der Waals surface area (Å²) in [5.41, 5.74) is 0. The summed E-state index contributed by atoms with van der Waals surface area (Å²) in [5.74, 6) is 0. The summed E-state index contributed by atoms with van der Waals surface area (Å²) in [5, 5.41) is 2.34. The van der Waals surface area contributed by atoms with Crippen LogP contribution in [0.25, 0.3) is 10.8 Å². The fraction of sp³-hybridized carbons (Fsp3) is 0. The third kappa shape index (κ3) is 1.21. The molecule has 1 radical (unpaired) electrons. The summed E-state index contributed by atoms with van der Waals surface area (Å²) in [4.78, 5) is 0.896. The van der Waals surface area contributed by atoms with E-state index in [9.17, 15) is 0 Å². The first-order valence-corrected chi connectivity index (χ1v) is 4.83. The topological polar surface area (TPSA) is 0 Å². The van der Waals surface area contributed by atoms with Gasteiger partial charge in [0, 0.05) is 9.86 Å². The molecule has 0 aliphatic rings. The Bertz CT molecular complexity index is 423. The van der Waals surface area contributed by atoms with Gasteiger partial charge >= 0.3 is 0 Å². The summed E-state index contributed by atoms with van der Waals surface area (Å²) in [6.45, 7) is 0. The lowest BCUT2D eigenvalue weighted by Gasteiger charge is -2.00. The van der Waals surface area contributed by atoms with E-state index in [2.05, 4.69) is 28.1 Å². The Balaban J connectivity index is 2.91. The molecule has 0 aliphatic carbocycles. The van der Waals surface area contributed by atoms with Crippen LogP contribution in [0.1, 0.15) is 0 Å². The molecule has 0 saturated heterocycles. The molecule has 2 rings (SSSR count). The minimum atomic E-state index is 0.896. The van der Waals surface area contributed by atoms with Crippen molar-refractivity contribution in [1.29, 1.82) is 0 Å². The fourth-order valence-electron chi connectivity index (χ4n) is 1.22. The molecular formula is C10H6BrS. The molecule has 0 aromatic heterocycles. The van der Waals surface area contributed by atoms with Crippen LogP contribution < -0.4 is 0 Å². The van der Waals surface area contributed by atoms with Gasteiger partial charge in [-0.3, -0.25) is 0 Å². The van der Waals surface area contributed by atoms with Crippen molar-refractivity contribution in [2.45, 2.75) is 4.90 Å². The molecule has 12 heavy (non-hydrogen) atoms. The third-order valence-corrected chi connectivity index (χ3v) is 3.19. The van der Waals surface area contributed by atoms with Crippen molar-refractivity contribution in [2.75, 3.05) is 0 Å². The monoisotopic (exact) mass is 237 g/mol. The summed E-state index contributed by atoms with van der Waals surface area (Å²) in [6.07, 6.45) is 0. The summed E-state index contributed by atoms with van der Waals surface area (Å²) in [7, 11) is 0. The van der Waals surface area contributed by atoms with Gasteiger partial charge in [-0.15, -0.1) is 0 Å². The fourth-order valence-corrected chi connectivity index (χ4v) is 1.82. The van der Waals surface area contributed by atoms with E-state index in [1.807, 2.05) is 24.3 Å². The predicted octanol–water partition coefficient (Wildman–Crippen LogP) is 4.16. The highest BCUT2D eigenvalue weighted by molar-refractivity contribution is 9.10. The molecule has 2 heteroatoms. The molecule has 0 heterocycles. The largest absolute Gasteiger partial charge is 0.0782 e. The summed E-state index contributed by atoms with van der Waals surface area (Å²) in [6, 6.07) is 12.2. The van der Waals surface area contributed by atoms with Crippen LogP contribution in [-0.4, -0.2) is 0 Å². The molecule has 0 spiro atoms. The Morgan fingerprint density at radius 1 is 1.00 bits per heavy atom. The number of halogens is 1. The van der Waals surface area contributed by atoms with Crippen LogP contribution in [0.4, 0.5) is 0 Å². The lowest BCUT2D eigenvalue weighted by molar-refractivity contribution is 1.50. The number of benzene rings is 2. The van der Waals surface area contributed by atoms with E-state index in [-0.39, 0.29) is 0 Å². The van der Waals surface area contributed by atoms with Gasteiger partial charge in [0.25, 0.3) is 0 Å². The number of hydrogen-bond donors (Lipinski definition) is 0. The van der Waals surface area contributed by atoms with Crippen LogP contribution in [-0.2, 0) is 0 Å². The van der Waals surface area contributed by atoms with Gasteiger partial charge < -0.3 is 0 Å². The quantitative estimate of drug-likeness (QED) is 0.646. The lowest BCUT2D eigenvalue weighted by atomic mass is 10.1. The summed E-state index contributed by atoms with van der Waals surface area (Å²) < 4.78 is 0.996. The average molecular weight is 238 g/mol. The first-order valence-electron chi connectivity index (χ1n) is 3.63. The van der Waals surface area contributed by atoms with Gasteiger partial charge in [0.1, 0.15) is 0 Å². The molecule has 0 aliphatic heterocycles. The maximum atomic E-state index is 5.25. The minimum absolute atomic E-state index is 0.896. The van der Waals surface area contributed by atoms with Crippen LogP contribution in [0.15, 0.2) is 45.8 Å². The van der Waals surface area contributed by atoms with Crippen LogP contribution in [0.3, 0.4) is 0 Å². The van der Waals surface area contributed by atoms with Crippen LogP contribution in [0.5, 0.6) is 0 Å². The van der Waals surface area contributed by atoms with Gasteiger partial charge in [0.2, 0.25) is 0 Å². The molecule has 0 nitrogen and oxygen atoms in total. The Morgan fingerprint density at radius 3 is 2.58 bits per heavy atom. The van der Waals surface area contributed by atoms with Crippen LogP contribution in [0.2, 0.25) is 0 Å². The van der Waals surface area contributed by atoms with Crippen molar-refractivity contribution in [3.8, 4) is 0 Å². The van der Waals surface area contributed by atoms with E-state index >= 15 is 0 Å². The molecule has 59 valence electrons. The molecule has 0 saturated carbocycles. The minimum Gasteiger partial charge on any atom is -0.0782 e. The number of rotatable bonds is 0. The second-order valence-corrected chi connectivity index (χ2v) is 3.86. The Morgan fingerprint density at radius 2 is 1.75 bits per heavy atom. The van der Waals surface area contributed by atoms with Gasteiger partial charge in [-0.25, -0.2) is 0 Å². The standard InChI is InChI=1S/C10H6BrS/c11-9-6-5-7-3-1-2-4-8(7)10(9)12/h1-6H. The van der Waals surface area contributed by atoms with Gasteiger partial charge in [-0.2, -0.15) is 0 Å². The second-order valence-electron chi connectivity index (χ2n) is 2.60. The van der Waals surface area contributed by atoms with E-state index in [0.717, 1.165) is 14.8 Å². The van der Waals surface area contributed by atoms with Crippen molar-refractivity contribution in [1.82, 2.24) is 0 Å². The van der Waals surface area contributed by atoms with Gasteiger partial charge in [0.05, 0.1) is 4.90 Å². The normalized spacial score (nSPS) is 10.4. The van der Waals surface area contributed by atoms with E-state index in [4.69, 9.17) is 12.6 Å². The van der Waals surface area contributed by atoms with E-state index in [1.165, 1.54) is 5.39 Å². The molecule has 0 bridgehead atoms. The van der Waals surface area contributed by atoms with Crippen molar-refractivity contribution < 1.29 is 0 Å². The smallest absolute Gasteiger partial charge is 0.0597 e. The molecule has 0 fully saturated rings. The molecule has 2 aromatic carbocycles. The SMILES string of the molecule is [S]c1c(Br)ccc2ccccc12. The zero-order valence-electron chi connectivity index (χ0n) is 6.25. The lowest BCUT2D eigenvalue weighted by Crippen LogP contribution is -1.75. The molecular weight excluding hydrogens is 232 g/mol. The Kier molecular flexibility index (Phi) is 2.03. The van der Waals surface area contributed by atoms with Crippen molar-refractivity contribution in [3.63, 3.8) is 0 Å². The van der Waals surface area contributed by atoms with Crippen molar-refractivity contribution in [2.24, 2.45) is 0 Å². The first kappa shape index (κ1) is 8.02. The van der Waals surface area contributed by atoms with E-state index in [1.54, 1.807) is 0 Å². The Hall–Kier alpha value is -0.600. The number of fused-ring (bicyclic) bond motifs is 1. The predicted molar refractivity (Wildman–Crippen MR) is 57.5 cm³/mol.